The number of piperazine rings is 1. The van der Waals surface area contributed by atoms with Gasteiger partial charge in [0.25, 0.3) is 0 Å². The van der Waals surface area contributed by atoms with Crippen LogP contribution >= 0.6 is 24.8 Å². The van der Waals surface area contributed by atoms with Gasteiger partial charge >= 0.3 is 0 Å². The Morgan fingerprint density at radius 2 is 1.69 bits per heavy atom. The third-order valence-electron chi connectivity index (χ3n) is 5.86. The molecule has 0 bridgehead atoms. The Bertz CT molecular complexity index is 817. The second kappa shape index (κ2) is 9.90. The van der Waals surface area contributed by atoms with E-state index in [1.165, 1.54) is 23.3 Å². The van der Waals surface area contributed by atoms with Gasteiger partial charge in [0.05, 0.1) is 0 Å². The monoisotopic (exact) mass is 439 g/mol. The highest BCUT2D eigenvalue weighted by Gasteiger charge is 2.49. The summed E-state index contributed by atoms with van der Waals surface area (Å²) in [5, 5.41) is 3.38. The highest BCUT2D eigenvalue weighted by molar-refractivity contribution is 5.88. The van der Waals surface area contributed by atoms with Gasteiger partial charge in [0, 0.05) is 52.6 Å². The molecule has 1 amide bonds. The number of fused-ring (bicyclic) bond motifs is 1. The topological polar surface area (TPSA) is 35.6 Å². The second-order valence-electron chi connectivity index (χ2n) is 7.68. The molecule has 1 N–H and O–H groups in total. The smallest absolute Gasteiger partial charge is 0.243 e. The lowest BCUT2D eigenvalue weighted by atomic mass is 9.90. The Kier molecular flexibility index (Phi) is 8.06. The van der Waals surface area contributed by atoms with Gasteiger partial charge in [0.1, 0.15) is 11.4 Å². The van der Waals surface area contributed by atoms with Gasteiger partial charge in [0.15, 0.2) is 0 Å². The molecule has 2 aliphatic rings. The van der Waals surface area contributed by atoms with Gasteiger partial charge in [-0.3, -0.25) is 9.69 Å². The Hall–Kier alpha value is -1.66. The van der Waals surface area contributed by atoms with Crippen molar-refractivity contribution in [3.63, 3.8) is 0 Å². The maximum Gasteiger partial charge on any atom is 0.243 e. The van der Waals surface area contributed by atoms with Crippen molar-refractivity contribution in [2.75, 3.05) is 33.2 Å². The summed E-state index contributed by atoms with van der Waals surface area (Å²) in [7, 11) is 1.83. The zero-order valence-corrected chi connectivity index (χ0v) is 18.2. The predicted octanol–water partition coefficient (Wildman–Crippen LogP) is 3.07. The average molecular weight is 440 g/mol. The van der Waals surface area contributed by atoms with E-state index in [0.29, 0.717) is 6.54 Å². The molecule has 2 aromatic carbocycles. The zero-order chi connectivity index (χ0) is 18.9. The van der Waals surface area contributed by atoms with Gasteiger partial charge in [0.2, 0.25) is 5.91 Å². The van der Waals surface area contributed by atoms with E-state index in [9.17, 15) is 9.18 Å². The Morgan fingerprint density at radius 3 is 2.28 bits per heavy atom. The van der Waals surface area contributed by atoms with E-state index in [0.717, 1.165) is 44.6 Å². The van der Waals surface area contributed by atoms with E-state index in [1.54, 1.807) is 11.0 Å². The van der Waals surface area contributed by atoms with Crippen molar-refractivity contribution < 1.29 is 9.18 Å². The molecule has 0 radical (unpaired) electrons. The maximum absolute atomic E-state index is 13.7. The summed E-state index contributed by atoms with van der Waals surface area (Å²) in [5.41, 5.74) is 2.82. The number of amides is 1. The van der Waals surface area contributed by atoms with Crippen LogP contribution < -0.4 is 5.32 Å². The summed E-state index contributed by atoms with van der Waals surface area (Å²) >= 11 is 0. The summed E-state index contributed by atoms with van der Waals surface area (Å²) in [6.45, 7) is 3.96. The normalized spacial score (nSPS) is 17.6. The molecule has 29 heavy (non-hydrogen) atoms. The average Bonchev–Trinajstić information content (AvgIpc) is 3.09. The summed E-state index contributed by atoms with van der Waals surface area (Å²) in [6, 6.07) is 14.9. The number of carbonyl (C=O) groups is 1. The van der Waals surface area contributed by atoms with Crippen LogP contribution in [0.2, 0.25) is 0 Å². The maximum atomic E-state index is 13.7. The molecule has 1 aliphatic carbocycles. The quantitative estimate of drug-likeness (QED) is 0.794. The largest absolute Gasteiger partial charge is 0.340 e. The number of hydrogen-bond donors (Lipinski definition) is 1. The van der Waals surface area contributed by atoms with Gasteiger partial charge < -0.3 is 10.2 Å². The lowest BCUT2D eigenvalue weighted by molar-refractivity contribution is -0.144. The standard InChI is InChI=1S/C22H26FN3O.2ClH/c1-25(16-17-5-4-8-20(23)13-17)21(27)22(26-11-9-24-10-12-26)14-18-6-2-3-7-19(18)15-22;;/h2-8,13,24H,9-12,14-16H2,1H3;2*1H. The minimum Gasteiger partial charge on any atom is -0.340 e. The molecule has 4 rings (SSSR count). The van der Waals surface area contributed by atoms with E-state index in [1.807, 2.05) is 25.2 Å². The molecule has 2 aromatic rings. The first-order valence-electron chi connectivity index (χ1n) is 9.61. The number of likely N-dealkylation sites (N-methyl/N-ethyl adjacent to an activating group) is 1. The van der Waals surface area contributed by atoms with Crippen LogP contribution in [0.25, 0.3) is 0 Å². The van der Waals surface area contributed by atoms with Gasteiger partial charge in [-0.1, -0.05) is 36.4 Å². The van der Waals surface area contributed by atoms with Gasteiger partial charge in [-0.05, 0) is 28.8 Å². The second-order valence-corrected chi connectivity index (χ2v) is 7.68. The third kappa shape index (κ3) is 4.75. The van der Waals surface area contributed by atoms with Gasteiger partial charge in [-0.15, -0.1) is 24.8 Å². The van der Waals surface area contributed by atoms with Crippen LogP contribution in [0.5, 0.6) is 0 Å². The lowest BCUT2D eigenvalue weighted by Gasteiger charge is -2.44. The van der Waals surface area contributed by atoms with Crippen LogP contribution in [0, 0.1) is 5.82 Å². The zero-order valence-electron chi connectivity index (χ0n) is 16.6. The SMILES string of the molecule is CN(Cc1cccc(F)c1)C(=O)C1(N2CCNCC2)Cc2ccccc2C1.Cl.Cl. The molecule has 0 saturated carbocycles. The fourth-order valence-electron chi connectivity index (χ4n) is 4.53. The Labute approximate surface area is 184 Å². The molecule has 1 saturated heterocycles. The molecule has 7 heteroatoms. The number of halogens is 3. The summed E-state index contributed by atoms with van der Waals surface area (Å²) in [4.78, 5) is 17.8. The summed E-state index contributed by atoms with van der Waals surface area (Å²) < 4.78 is 13.5. The molecule has 1 fully saturated rings. The molecule has 0 unspecified atom stereocenters. The van der Waals surface area contributed by atoms with Crippen molar-refractivity contribution in [2.24, 2.45) is 0 Å². The molecule has 0 aromatic heterocycles. The summed E-state index contributed by atoms with van der Waals surface area (Å²) in [5.74, 6) is -0.136. The van der Waals surface area contributed by atoms with Crippen molar-refractivity contribution in [1.29, 1.82) is 0 Å². The van der Waals surface area contributed by atoms with E-state index in [2.05, 4.69) is 22.3 Å². The first-order chi connectivity index (χ1) is 13.1. The van der Waals surface area contributed by atoms with Gasteiger partial charge in [-0.25, -0.2) is 4.39 Å². The van der Waals surface area contributed by atoms with E-state index in [-0.39, 0.29) is 36.5 Å². The molecule has 1 aliphatic heterocycles. The molecule has 0 atom stereocenters. The lowest BCUT2D eigenvalue weighted by Crippen LogP contribution is -2.63. The fraction of sp³-hybridized carbons (Fsp3) is 0.409. The van der Waals surface area contributed by atoms with Crippen molar-refractivity contribution >= 4 is 30.7 Å². The first-order valence-corrected chi connectivity index (χ1v) is 9.61. The van der Waals surface area contributed by atoms with Crippen LogP contribution in [-0.4, -0.2) is 54.5 Å². The molecule has 4 nitrogen and oxygen atoms in total. The highest BCUT2D eigenvalue weighted by Crippen LogP contribution is 2.36. The van der Waals surface area contributed by atoms with E-state index < -0.39 is 5.54 Å². The number of benzene rings is 2. The molecule has 158 valence electrons. The Morgan fingerprint density at radius 1 is 1.07 bits per heavy atom. The predicted molar refractivity (Wildman–Crippen MR) is 118 cm³/mol. The van der Waals surface area contributed by atoms with Crippen molar-refractivity contribution in [1.82, 2.24) is 15.1 Å². The van der Waals surface area contributed by atoms with Crippen LogP contribution in [0.4, 0.5) is 4.39 Å². The first kappa shape index (κ1) is 23.6. The highest BCUT2D eigenvalue weighted by atomic mass is 35.5. The van der Waals surface area contributed by atoms with Crippen LogP contribution in [0.1, 0.15) is 16.7 Å². The number of rotatable bonds is 4. The number of nitrogens with one attached hydrogen (secondary N) is 1. The molecule has 0 spiro atoms. The number of carbonyl (C=O) groups excluding carboxylic acids is 1. The third-order valence-corrected chi connectivity index (χ3v) is 5.86. The van der Waals surface area contributed by atoms with Gasteiger partial charge in [-0.2, -0.15) is 0 Å². The van der Waals surface area contributed by atoms with E-state index in [4.69, 9.17) is 0 Å². The van der Waals surface area contributed by atoms with Crippen molar-refractivity contribution in [3.05, 3.63) is 71.0 Å². The fourth-order valence-corrected chi connectivity index (χ4v) is 4.53. The molecule has 1 heterocycles. The van der Waals surface area contributed by atoms with E-state index >= 15 is 0 Å². The van der Waals surface area contributed by atoms with Crippen molar-refractivity contribution in [2.45, 2.75) is 24.9 Å². The molecular weight excluding hydrogens is 412 g/mol. The summed E-state index contributed by atoms with van der Waals surface area (Å²) in [6.07, 6.45) is 1.49. The van der Waals surface area contributed by atoms with Crippen molar-refractivity contribution in [3.8, 4) is 0 Å². The minimum absolute atomic E-state index is 0. The molecular formula is C22H28Cl2FN3O. The van der Waals surface area contributed by atoms with Crippen LogP contribution in [0.3, 0.4) is 0 Å². The van der Waals surface area contributed by atoms with Crippen LogP contribution in [-0.2, 0) is 24.2 Å². The number of hydrogen-bond acceptors (Lipinski definition) is 3. The number of nitrogens with zero attached hydrogens (tertiary/aromatic N) is 2. The minimum atomic E-state index is -0.534. The van der Waals surface area contributed by atoms with Crippen LogP contribution in [0.15, 0.2) is 48.5 Å². The Balaban J connectivity index is 0.00000150.